The minimum absolute atomic E-state index is 0.0167. The quantitative estimate of drug-likeness (QED) is 0.756. The fourth-order valence-corrected chi connectivity index (χ4v) is 3.53. The van der Waals surface area contributed by atoms with Crippen LogP contribution >= 0.6 is 0 Å². The number of carbonyl (C=O) groups is 2. The third kappa shape index (κ3) is 4.54. The second-order valence-corrected chi connectivity index (χ2v) is 7.27. The molecule has 7 heteroatoms. The molecule has 0 spiro atoms. The second-order valence-electron chi connectivity index (χ2n) is 7.27. The van der Waals surface area contributed by atoms with Crippen LogP contribution in [0.3, 0.4) is 0 Å². The van der Waals surface area contributed by atoms with E-state index in [0.29, 0.717) is 17.8 Å². The van der Waals surface area contributed by atoms with E-state index in [9.17, 15) is 9.59 Å². The number of anilines is 1. The van der Waals surface area contributed by atoms with Crippen LogP contribution in [-0.2, 0) is 4.79 Å². The molecule has 1 aromatic heterocycles. The van der Waals surface area contributed by atoms with E-state index in [1.807, 2.05) is 39.0 Å². The molecule has 2 aromatic rings. The number of nitrogens with one attached hydrogen (secondary N) is 3. The van der Waals surface area contributed by atoms with Crippen molar-refractivity contribution in [2.75, 3.05) is 5.32 Å². The summed E-state index contributed by atoms with van der Waals surface area (Å²) < 4.78 is 1.63. The van der Waals surface area contributed by atoms with Gasteiger partial charge in [0.25, 0.3) is 5.91 Å². The Morgan fingerprint density at radius 1 is 1.22 bits per heavy atom. The first kappa shape index (κ1) is 19.1. The maximum absolute atomic E-state index is 12.7. The van der Waals surface area contributed by atoms with Crippen molar-refractivity contribution in [3.05, 3.63) is 46.6 Å². The fraction of sp³-hybridized carbons (Fsp3) is 0.450. The standard InChI is InChI=1S/C20H27N5O2/c1-5-6-16-11-18(26)23-20(21-16)25-17(10-14(4)24-25)22-19(27)15-8-12(2)7-13(3)9-15/h7-10,16,20-21H,5-6,11H2,1-4H3,(H,22,27)(H,23,26). The molecule has 1 fully saturated rings. The molecule has 2 heterocycles. The highest BCUT2D eigenvalue weighted by molar-refractivity contribution is 6.04. The number of carbonyl (C=O) groups excluding carboxylic acids is 2. The summed E-state index contributed by atoms with van der Waals surface area (Å²) in [4.78, 5) is 24.8. The van der Waals surface area contributed by atoms with Crippen molar-refractivity contribution >= 4 is 17.6 Å². The molecule has 0 bridgehead atoms. The van der Waals surface area contributed by atoms with Crippen LogP contribution in [0.1, 0.15) is 59.7 Å². The molecule has 3 N–H and O–H groups in total. The van der Waals surface area contributed by atoms with Gasteiger partial charge in [0, 0.05) is 24.1 Å². The molecule has 1 aliphatic rings. The minimum atomic E-state index is -0.481. The van der Waals surface area contributed by atoms with Crippen molar-refractivity contribution < 1.29 is 9.59 Å². The van der Waals surface area contributed by atoms with E-state index in [4.69, 9.17) is 0 Å². The van der Waals surface area contributed by atoms with Crippen LogP contribution in [-0.4, -0.2) is 27.6 Å². The molecule has 1 saturated heterocycles. The molecule has 1 aromatic carbocycles. The van der Waals surface area contributed by atoms with Gasteiger partial charge in [-0.2, -0.15) is 5.10 Å². The van der Waals surface area contributed by atoms with Gasteiger partial charge in [0.2, 0.25) is 5.91 Å². The fourth-order valence-electron chi connectivity index (χ4n) is 3.53. The molecular formula is C20H27N5O2. The maximum Gasteiger partial charge on any atom is 0.256 e. The lowest BCUT2D eigenvalue weighted by molar-refractivity contribution is -0.125. The van der Waals surface area contributed by atoms with Gasteiger partial charge in [0.05, 0.1) is 5.69 Å². The smallest absolute Gasteiger partial charge is 0.256 e. The van der Waals surface area contributed by atoms with Crippen LogP contribution in [0, 0.1) is 20.8 Å². The van der Waals surface area contributed by atoms with Crippen molar-refractivity contribution in [1.29, 1.82) is 0 Å². The van der Waals surface area contributed by atoms with Crippen molar-refractivity contribution in [2.24, 2.45) is 0 Å². The third-order valence-electron chi connectivity index (χ3n) is 4.59. The van der Waals surface area contributed by atoms with Gasteiger partial charge >= 0.3 is 0 Å². The number of amides is 2. The Morgan fingerprint density at radius 3 is 2.59 bits per heavy atom. The zero-order valence-corrected chi connectivity index (χ0v) is 16.3. The number of hydrogen-bond donors (Lipinski definition) is 3. The Balaban J connectivity index is 1.83. The largest absolute Gasteiger partial charge is 0.322 e. The number of aromatic nitrogens is 2. The van der Waals surface area contributed by atoms with Crippen LogP contribution in [0.2, 0.25) is 0 Å². The molecular weight excluding hydrogens is 342 g/mol. The second kappa shape index (κ2) is 7.92. The number of aryl methyl sites for hydroxylation is 3. The van der Waals surface area contributed by atoms with E-state index in [0.717, 1.165) is 29.7 Å². The van der Waals surface area contributed by atoms with Crippen molar-refractivity contribution in [1.82, 2.24) is 20.4 Å². The Morgan fingerprint density at radius 2 is 1.93 bits per heavy atom. The van der Waals surface area contributed by atoms with Crippen molar-refractivity contribution in [3.8, 4) is 0 Å². The van der Waals surface area contributed by atoms with Gasteiger partial charge in [-0.25, -0.2) is 4.68 Å². The lowest BCUT2D eigenvalue weighted by Gasteiger charge is -2.32. The summed E-state index contributed by atoms with van der Waals surface area (Å²) in [6.07, 6.45) is 1.88. The van der Waals surface area contributed by atoms with Gasteiger partial charge in [-0.3, -0.25) is 14.9 Å². The zero-order valence-electron chi connectivity index (χ0n) is 16.3. The number of hydrogen-bond acceptors (Lipinski definition) is 4. The summed E-state index contributed by atoms with van der Waals surface area (Å²) >= 11 is 0. The molecule has 1 aliphatic heterocycles. The van der Waals surface area contributed by atoms with Crippen LogP contribution in [0.4, 0.5) is 5.82 Å². The zero-order chi connectivity index (χ0) is 19.6. The van der Waals surface area contributed by atoms with E-state index in [2.05, 4.69) is 28.0 Å². The van der Waals surface area contributed by atoms with E-state index in [1.165, 1.54) is 0 Å². The summed E-state index contributed by atoms with van der Waals surface area (Å²) in [5.41, 5.74) is 3.43. The van der Waals surface area contributed by atoms with Crippen molar-refractivity contribution in [2.45, 2.75) is 59.3 Å². The average Bonchev–Trinajstić information content (AvgIpc) is 2.94. The first-order chi connectivity index (χ1) is 12.9. The van der Waals surface area contributed by atoms with Gasteiger partial charge in [-0.1, -0.05) is 30.5 Å². The highest BCUT2D eigenvalue weighted by Crippen LogP contribution is 2.20. The molecule has 3 rings (SSSR count). The molecule has 2 atom stereocenters. The average molecular weight is 369 g/mol. The van der Waals surface area contributed by atoms with E-state index < -0.39 is 6.29 Å². The van der Waals surface area contributed by atoms with E-state index in [1.54, 1.807) is 10.7 Å². The Hall–Kier alpha value is -2.67. The minimum Gasteiger partial charge on any atom is -0.322 e. The van der Waals surface area contributed by atoms with Gasteiger partial charge in [0.1, 0.15) is 5.82 Å². The maximum atomic E-state index is 12.7. The topological polar surface area (TPSA) is 88.1 Å². The van der Waals surface area contributed by atoms with E-state index in [-0.39, 0.29) is 17.9 Å². The van der Waals surface area contributed by atoms with Gasteiger partial charge in [-0.05, 0) is 39.3 Å². The molecule has 0 aliphatic carbocycles. The first-order valence-corrected chi connectivity index (χ1v) is 9.37. The summed E-state index contributed by atoms with van der Waals surface area (Å²) in [6, 6.07) is 7.64. The Labute approximate surface area is 159 Å². The van der Waals surface area contributed by atoms with Crippen LogP contribution in [0.15, 0.2) is 24.3 Å². The first-order valence-electron chi connectivity index (χ1n) is 9.37. The number of nitrogens with zero attached hydrogens (tertiary/aromatic N) is 2. The summed E-state index contributed by atoms with van der Waals surface area (Å²) in [5, 5.41) is 13.7. The summed E-state index contributed by atoms with van der Waals surface area (Å²) in [7, 11) is 0. The lowest BCUT2D eigenvalue weighted by atomic mass is 10.1. The predicted octanol–water partition coefficient (Wildman–Crippen LogP) is 2.79. The summed E-state index contributed by atoms with van der Waals surface area (Å²) in [5.74, 6) is 0.332. The SMILES string of the molecule is CCCC1CC(=O)NC(n2nc(C)cc2NC(=O)c2cc(C)cc(C)c2)N1. The molecule has 0 radical (unpaired) electrons. The molecule has 2 amide bonds. The number of benzene rings is 1. The Kier molecular flexibility index (Phi) is 5.60. The van der Waals surface area contributed by atoms with Crippen LogP contribution in [0.25, 0.3) is 0 Å². The molecule has 144 valence electrons. The lowest BCUT2D eigenvalue weighted by Crippen LogP contribution is -2.53. The van der Waals surface area contributed by atoms with Crippen molar-refractivity contribution in [3.63, 3.8) is 0 Å². The van der Waals surface area contributed by atoms with E-state index >= 15 is 0 Å². The highest BCUT2D eigenvalue weighted by Gasteiger charge is 2.28. The van der Waals surface area contributed by atoms with Crippen LogP contribution in [0.5, 0.6) is 0 Å². The third-order valence-corrected chi connectivity index (χ3v) is 4.59. The molecule has 2 unspecified atom stereocenters. The monoisotopic (exact) mass is 369 g/mol. The predicted molar refractivity (Wildman–Crippen MR) is 104 cm³/mol. The molecule has 7 nitrogen and oxygen atoms in total. The van der Waals surface area contributed by atoms with Gasteiger partial charge in [-0.15, -0.1) is 0 Å². The van der Waals surface area contributed by atoms with Gasteiger partial charge in [0.15, 0.2) is 6.29 Å². The highest BCUT2D eigenvalue weighted by atomic mass is 16.2. The Bertz CT molecular complexity index is 838. The molecule has 0 saturated carbocycles. The normalized spacial score (nSPS) is 19.6. The van der Waals surface area contributed by atoms with Gasteiger partial charge < -0.3 is 10.6 Å². The summed E-state index contributed by atoms with van der Waals surface area (Å²) in [6.45, 7) is 7.88. The molecule has 27 heavy (non-hydrogen) atoms. The van der Waals surface area contributed by atoms with Crippen LogP contribution < -0.4 is 16.0 Å². The number of rotatable bonds is 5.